The van der Waals surface area contributed by atoms with Crippen molar-refractivity contribution in [3.8, 4) is 0 Å². The predicted molar refractivity (Wildman–Crippen MR) is 67.6 cm³/mol. The smallest absolute Gasteiger partial charge is 0.149 e. The summed E-state index contributed by atoms with van der Waals surface area (Å²) in [5, 5.41) is 4.54. The van der Waals surface area contributed by atoms with Gasteiger partial charge in [-0.05, 0) is 24.7 Å². The van der Waals surface area contributed by atoms with Crippen molar-refractivity contribution in [2.45, 2.75) is 18.1 Å². The molecule has 0 saturated carbocycles. The lowest BCUT2D eigenvalue weighted by atomic mass is 10.2. The third kappa shape index (κ3) is 2.92. The number of anilines is 2. The fraction of sp³-hybridized carbons (Fsp3) is 0.500. The van der Waals surface area contributed by atoms with Crippen LogP contribution in [0, 0.1) is 0 Å². The van der Waals surface area contributed by atoms with E-state index in [4.69, 9.17) is 17.3 Å². The average molecular weight is 244 g/mol. The van der Waals surface area contributed by atoms with E-state index in [0.29, 0.717) is 16.0 Å². The highest BCUT2D eigenvalue weighted by molar-refractivity contribution is 8.00. The molecule has 1 aromatic rings. The summed E-state index contributed by atoms with van der Waals surface area (Å²) in [6, 6.07) is 1.72. The Morgan fingerprint density at radius 3 is 3.20 bits per heavy atom. The molecule has 1 aromatic heterocycles. The Morgan fingerprint density at radius 1 is 1.67 bits per heavy atom. The van der Waals surface area contributed by atoms with Crippen molar-refractivity contribution < 1.29 is 0 Å². The van der Waals surface area contributed by atoms with Crippen LogP contribution in [0.3, 0.4) is 0 Å². The Morgan fingerprint density at radius 2 is 2.53 bits per heavy atom. The first-order chi connectivity index (χ1) is 7.25. The second kappa shape index (κ2) is 4.94. The molecule has 1 saturated heterocycles. The number of aromatic nitrogens is 1. The summed E-state index contributed by atoms with van der Waals surface area (Å²) in [5.74, 6) is 2.02. The molecule has 15 heavy (non-hydrogen) atoms. The number of nitrogens with one attached hydrogen (secondary N) is 1. The van der Waals surface area contributed by atoms with Gasteiger partial charge in [0.25, 0.3) is 0 Å². The van der Waals surface area contributed by atoms with Crippen molar-refractivity contribution in [3.63, 3.8) is 0 Å². The zero-order valence-electron chi connectivity index (χ0n) is 8.37. The van der Waals surface area contributed by atoms with Gasteiger partial charge in [0.2, 0.25) is 0 Å². The van der Waals surface area contributed by atoms with Gasteiger partial charge in [-0.3, -0.25) is 0 Å². The zero-order chi connectivity index (χ0) is 10.7. The molecular formula is C10H14ClN3S. The van der Waals surface area contributed by atoms with Crippen LogP contribution in [-0.2, 0) is 0 Å². The lowest BCUT2D eigenvalue weighted by molar-refractivity contribution is 0.804. The molecule has 0 amide bonds. The van der Waals surface area contributed by atoms with Crippen molar-refractivity contribution in [1.82, 2.24) is 4.98 Å². The second-order valence-corrected chi connectivity index (χ2v) is 5.45. The van der Waals surface area contributed by atoms with Gasteiger partial charge in [0.1, 0.15) is 5.82 Å². The Balaban J connectivity index is 1.92. The van der Waals surface area contributed by atoms with Gasteiger partial charge in [-0.25, -0.2) is 4.98 Å². The highest BCUT2D eigenvalue weighted by Crippen LogP contribution is 2.27. The monoisotopic (exact) mass is 243 g/mol. The molecule has 0 bridgehead atoms. The van der Waals surface area contributed by atoms with Crippen molar-refractivity contribution in [2.24, 2.45) is 0 Å². The Labute approximate surface area is 98.8 Å². The number of pyridine rings is 1. The van der Waals surface area contributed by atoms with Crippen molar-refractivity contribution >= 4 is 34.9 Å². The molecule has 0 radical (unpaired) electrons. The van der Waals surface area contributed by atoms with Crippen LogP contribution in [0.25, 0.3) is 0 Å². The highest BCUT2D eigenvalue weighted by atomic mass is 35.5. The molecule has 3 N–H and O–H groups in total. The normalized spacial score (nSPS) is 20.5. The number of hydrogen-bond donors (Lipinski definition) is 2. The predicted octanol–water partition coefficient (Wildman–Crippen LogP) is 2.62. The molecule has 0 aromatic carbocycles. The van der Waals surface area contributed by atoms with Gasteiger partial charge in [0, 0.05) is 18.0 Å². The van der Waals surface area contributed by atoms with Crippen LogP contribution in [0.15, 0.2) is 12.3 Å². The lowest BCUT2D eigenvalue weighted by Crippen LogP contribution is -2.15. The van der Waals surface area contributed by atoms with E-state index in [0.717, 1.165) is 12.4 Å². The molecule has 1 aliphatic heterocycles. The van der Waals surface area contributed by atoms with Crippen LogP contribution in [0.1, 0.15) is 12.8 Å². The molecule has 0 spiro atoms. The molecule has 1 atom stereocenters. The molecule has 2 rings (SSSR count). The van der Waals surface area contributed by atoms with Crippen LogP contribution >= 0.6 is 23.4 Å². The summed E-state index contributed by atoms with van der Waals surface area (Å²) in [5.41, 5.74) is 6.41. The van der Waals surface area contributed by atoms with Crippen molar-refractivity contribution in [1.29, 1.82) is 0 Å². The Bertz CT molecular complexity index is 339. The van der Waals surface area contributed by atoms with Gasteiger partial charge >= 0.3 is 0 Å². The third-order valence-corrected chi connectivity index (χ3v) is 4.01. The van der Waals surface area contributed by atoms with Gasteiger partial charge < -0.3 is 11.1 Å². The lowest BCUT2D eigenvalue weighted by Gasteiger charge is -2.12. The summed E-state index contributed by atoms with van der Waals surface area (Å²) >= 11 is 7.78. The molecule has 1 aliphatic rings. The molecular weight excluding hydrogens is 230 g/mol. The number of thioether (sulfide) groups is 1. The van der Waals surface area contributed by atoms with Gasteiger partial charge in [0.15, 0.2) is 0 Å². The van der Waals surface area contributed by atoms with E-state index in [-0.39, 0.29) is 0 Å². The molecule has 5 heteroatoms. The van der Waals surface area contributed by atoms with E-state index in [1.807, 2.05) is 11.8 Å². The van der Waals surface area contributed by atoms with E-state index in [1.54, 1.807) is 12.3 Å². The minimum atomic E-state index is 0.577. The van der Waals surface area contributed by atoms with E-state index in [2.05, 4.69) is 10.3 Å². The zero-order valence-corrected chi connectivity index (χ0v) is 9.94. The molecule has 0 aliphatic carbocycles. The van der Waals surface area contributed by atoms with Gasteiger partial charge in [-0.1, -0.05) is 11.6 Å². The Kier molecular flexibility index (Phi) is 3.59. The standard InChI is InChI=1S/C10H14ClN3S/c11-7-4-9(12)10(13-5-7)14-6-8-2-1-3-15-8/h4-5,8H,1-3,6,12H2,(H,13,14). The molecule has 3 nitrogen and oxygen atoms in total. The number of hydrogen-bond acceptors (Lipinski definition) is 4. The summed E-state index contributed by atoms with van der Waals surface area (Å²) in [6.07, 6.45) is 4.22. The largest absolute Gasteiger partial charge is 0.396 e. The fourth-order valence-corrected chi connectivity index (χ4v) is 2.99. The summed E-state index contributed by atoms with van der Waals surface area (Å²) in [7, 11) is 0. The Hall–Kier alpha value is -0.610. The average Bonchev–Trinajstić information content (AvgIpc) is 2.69. The summed E-state index contributed by atoms with van der Waals surface area (Å²) in [4.78, 5) is 4.16. The van der Waals surface area contributed by atoms with Crippen LogP contribution in [0.2, 0.25) is 5.02 Å². The first kappa shape index (κ1) is 10.9. The number of rotatable bonds is 3. The summed E-state index contributed by atoms with van der Waals surface area (Å²) in [6.45, 7) is 0.934. The molecule has 1 fully saturated rings. The van der Waals surface area contributed by atoms with Crippen LogP contribution in [0.5, 0.6) is 0 Å². The van der Waals surface area contributed by atoms with Gasteiger partial charge in [0.05, 0.1) is 10.7 Å². The van der Waals surface area contributed by atoms with Crippen molar-refractivity contribution in [2.75, 3.05) is 23.3 Å². The first-order valence-electron chi connectivity index (χ1n) is 5.02. The minimum absolute atomic E-state index is 0.577. The van der Waals surface area contributed by atoms with E-state index in [9.17, 15) is 0 Å². The number of nitrogens with zero attached hydrogens (tertiary/aromatic N) is 1. The van der Waals surface area contributed by atoms with Gasteiger partial charge in [-0.2, -0.15) is 11.8 Å². The van der Waals surface area contributed by atoms with Crippen LogP contribution in [-0.4, -0.2) is 22.5 Å². The van der Waals surface area contributed by atoms with Gasteiger partial charge in [-0.15, -0.1) is 0 Å². The third-order valence-electron chi connectivity index (χ3n) is 2.40. The first-order valence-corrected chi connectivity index (χ1v) is 6.45. The SMILES string of the molecule is Nc1cc(Cl)cnc1NCC1CCCS1. The number of nitrogens with two attached hydrogens (primary N) is 1. The maximum Gasteiger partial charge on any atom is 0.149 e. The van der Waals surface area contributed by atoms with E-state index >= 15 is 0 Å². The van der Waals surface area contributed by atoms with Crippen LogP contribution < -0.4 is 11.1 Å². The maximum absolute atomic E-state index is 5.79. The molecule has 82 valence electrons. The molecule has 1 unspecified atom stereocenters. The minimum Gasteiger partial charge on any atom is -0.396 e. The quantitative estimate of drug-likeness (QED) is 0.857. The number of nitrogen functional groups attached to an aromatic ring is 1. The molecule has 2 heterocycles. The van der Waals surface area contributed by atoms with Crippen LogP contribution in [0.4, 0.5) is 11.5 Å². The number of halogens is 1. The van der Waals surface area contributed by atoms with E-state index < -0.39 is 0 Å². The second-order valence-electron chi connectivity index (χ2n) is 3.61. The van der Waals surface area contributed by atoms with E-state index in [1.165, 1.54) is 18.6 Å². The maximum atomic E-state index is 5.79. The van der Waals surface area contributed by atoms with Crippen molar-refractivity contribution in [3.05, 3.63) is 17.3 Å². The fourth-order valence-electron chi connectivity index (χ4n) is 1.62. The summed E-state index contributed by atoms with van der Waals surface area (Å²) < 4.78 is 0. The topological polar surface area (TPSA) is 50.9 Å². The highest BCUT2D eigenvalue weighted by Gasteiger charge is 2.15.